The third kappa shape index (κ3) is 2.53. The molecule has 0 aromatic heterocycles. The normalized spacial score (nSPS) is 25.0. The van der Waals surface area contributed by atoms with Crippen LogP contribution in [-0.2, 0) is 15.4 Å². The summed E-state index contributed by atoms with van der Waals surface area (Å²) in [6, 6.07) is 13.8. The highest BCUT2D eigenvalue weighted by Gasteiger charge is 2.57. The van der Waals surface area contributed by atoms with Crippen LogP contribution in [0.2, 0.25) is 0 Å². The topological polar surface area (TPSA) is 37.4 Å². The van der Waals surface area contributed by atoms with Gasteiger partial charge in [-0.2, -0.15) is 0 Å². The van der Waals surface area contributed by atoms with Gasteiger partial charge in [0.1, 0.15) is 0 Å². The summed E-state index contributed by atoms with van der Waals surface area (Å²) < 4.78 is 54.7. The predicted molar refractivity (Wildman–Crippen MR) is 99.9 cm³/mol. The first-order chi connectivity index (χ1) is 12.8. The van der Waals surface area contributed by atoms with Gasteiger partial charge in [-0.05, 0) is 42.2 Å². The van der Waals surface area contributed by atoms with E-state index in [9.17, 15) is 17.2 Å². The lowest BCUT2D eigenvalue weighted by molar-refractivity contribution is 0.112. The molecule has 0 N–H and O–H groups in total. The molecule has 0 bridgehead atoms. The van der Waals surface area contributed by atoms with E-state index in [4.69, 9.17) is 0 Å². The Morgan fingerprint density at radius 3 is 2.22 bits per heavy atom. The van der Waals surface area contributed by atoms with Crippen LogP contribution < -0.4 is 4.31 Å². The molecule has 0 amide bonds. The third-order valence-electron chi connectivity index (χ3n) is 6.45. The van der Waals surface area contributed by atoms with Crippen LogP contribution in [0.25, 0.3) is 0 Å². The molecule has 6 heteroatoms. The molecule has 1 heterocycles. The molecule has 3 aliphatic rings. The number of hydrogen-bond donors (Lipinski definition) is 0. The number of sulfonamides is 1. The number of anilines is 1. The Morgan fingerprint density at radius 1 is 0.963 bits per heavy atom. The second kappa shape index (κ2) is 5.53. The van der Waals surface area contributed by atoms with E-state index >= 15 is 0 Å². The van der Waals surface area contributed by atoms with Gasteiger partial charge in [-0.3, -0.25) is 4.31 Å². The maximum absolute atomic E-state index is 13.3. The lowest BCUT2D eigenvalue weighted by Crippen LogP contribution is -2.35. The summed E-state index contributed by atoms with van der Waals surface area (Å²) in [6.45, 7) is 0.469. The molecule has 3 nitrogen and oxygen atoms in total. The van der Waals surface area contributed by atoms with E-state index < -0.39 is 21.9 Å². The van der Waals surface area contributed by atoms with Crippen molar-refractivity contribution in [2.75, 3.05) is 10.8 Å². The van der Waals surface area contributed by atoms with Crippen molar-refractivity contribution < 1.29 is 17.2 Å². The van der Waals surface area contributed by atoms with Gasteiger partial charge in [0.2, 0.25) is 0 Å². The van der Waals surface area contributed by atoms with Gasteiger partial charge in [0.15, 0.2) is 0 Å². The van der Waals surface area contributed by atoms with E-state index in [0.717, 1.165) is 36.9 Å². The fourth-order valence-electron chi connectivity index (χ4n) is 4.85. The Hall–Kier alpha value is -1.95. The highest BCUT2D eigenvalue weighted by atomic mass is 32.2. The number of para-hydroxylation sites is 1. The number of fused-ring (bicyclic) bond motifs is 2. The van der Waals surface area contributed by atoms with E-state index in [1.54, 1.807) is 0 Å². The average molecular weight is 389 g/mol. The van der Waals surface area contributed by atoms with Crippen molar-refractivity contribution in [1.29, 1.82) is 0 Å². The van der Waals surface area contributed by atoms with Crippen molar-refractivity contribution in [1.82, 2.24) is 0 Å². The van der Waals surface area contributed by atoms with Crippen LogP contribution >= 0.6 is 0 Å². The number of halogens is 2. The molecule has 2 aliphatic carbocycles. The molecule has 2 aromatic carbocycles. The zero-order chi connectivity index (χ0) is 18.9. The van der Waals surface area contributed by atoms with Crippen LogP contribution in [0.15, 0.2) is 53.4 Å². The van der Waals surface area contributed by atoms with Gasteiger partial charge in [-0.1, -0.05) is 43.2 Å². The summed E-state index contributed by atoms with van der Waals surface area (Å²) in [5.41, 5.74) is 2.31. The molecular weight excluding hydrogens is 368 g/mol. The molecule has 1 atom stereocenters. The highest BCUT2D eigenvalue weighted by molar-refractivity contribution is 7.92. The molecule has 142 valence electrons. The molecule has 27 heavy (non-hydrogen) atoms. The minimum atomic E-state index is -3.72. The SMILES string of the molecule is O=S(=O)(c1ccc(C2CC2(F)F)cc1)N1CC2(CCCC2)c2ccccc21. The summed E-state index contributed by atoms with van der Waals surface area (Å²) >= 11 is 0. The fraction of sp³-hybridized carbons (Fsp3) is 0.429. The van der Waals surface area contributed by atoms with E-state index in [-0.39, 0.29) is 16.7 Å². The summed E-state index contributed by atoms with van der Waals surface area (Å²) in [4.78, 5) is 0.167. The Bertz CT molecular complexity index is 995. The van der Waals surface area contributed by atoms with Gasteiger partial charge in [0.05, 0.1) is 16.5 Å². The number of alkyl halides is 2. The van der Waals surface area contributed by atoms with E-state index in [2.05, 4.69) is 6.07 Å². The Morgan fingerprint density at radius 2 is 1.59 bits per heavy atom. The van der Waals surface area contributed by atoms with Crippen LogP contribution in [0, 0.1) is 0 Å². The molecule has 5 rings (SSSR count). The van der Waals surface area contributed by atoms with E-state index in [1.807, 2.05) is 18.2 Å². The number of benzene rings is 2. The highest BCUT2D eigenvalue weighted by Crippen LogP contribution is 2.56. The van der Waals surface area contributed by atoms with Gasteiger partial charge in [-0.25, -0.2) is 17.2 Å². The summed E-state index contributed by atoms with van der Waals surface area (Å²) in [5.74, 6) is -3.42. The van der Waals surface area contributed by atoms with Crippen LogP contribution in [-0.4, -0.2) is 20.9 Å². The minimum absolute atomic E-state index is 0.0837. The number of rotatable bonds is 3. The zero-order valence-corrected chi connectivity index (χ0v) is 15.7. The van der Waals surface area contributed by atoms with E-state index in [1.165, 1.54) is 28.6 Å². The Balaban J connectivity index is 1.51. The molecule has 1 aliphatic heterocycles. The first kappa shape index (κ1) is 17.2. The zero-order valence-electron chi connectivity index (χ0n) is 14.9. The van der Waals surface area contributed by atoms with E-state index in [0.29, 0.717) is 12.1 Å². The smallest absolute Gasteiger partial charge is 0.264 e. The number of hydrogen-bond acceptors (Lipinski definition) is 2. The monoisotopic (exact) mass is 389 g/mol. The van der Waals surface area contributed by atoms with Gasteiger partial charge in [0, 0.05) is 18.4 Å². The molecule has 2 fully saturated rings. The van der Waals surface area contributed by atoms with Crippen molar-refractivity contribution in [2.24, 2.45) is 0 Å². The fourth-order valence-corrected chi connectivity index (χ4v) is 6.42. The van der Waals surface area contributed by atoms with Gasteiger partial charge in [-0.15, -0.1) is 0 Å². The van der Waals surface area contributed by atoms with Gasteiger partial charge in [0.25, 0.3) is 15.9 Å². The van der Waals surface area contributed by atoms with Crippen molar-refractivity contribution in [3.63, 3.8) is 0 Å². The minimum Gasteiger partial charge on any atom is -0.265 e. The van der Waals surface area contributed by atoms with Crippen molar-refractivity contribution in [3.8, 4) is 0 Å². The first-order valence-electron chi connectivity index (χ1n) is 9.44. The molecule has 2 saturated carbocycles. The van der Waals surface area contributed by atoms with Crippen LogP contribution in [0.1, 0.15) is 49.1 Å². The van der Waals surface area contributed by atoms with Crippen molar-refractivity contribution >= 4 is 15.7 Å². The molecule has 1 unspecified atom stereocenters. The van der Waals surface area contributed by atoms with Crippen LogP contribution in [0.5, 0.6) is 0 Å². The van der Waals surface area contributed by atoms with Gasteiger partial charge >= 0.3 is 0 Å². The standard InChI is InChI=1S/C21H21F2NO2S/c22-21(23)13-18(21)15-7-9-16(10-8-15)27(25,26)24-14-20(11-3-4-12-20)17-5-1-2-6-19(17)24/h1-2,5-10,18H,3-4,11-14H2. The molecule has 0 saturated heterocycles. The lowest BCUT2D eigenvalue weighted by Gasteiger charge is -2.25. The van der Waals surface area contributed by atoms with Crippen molar-refractivity contribution in [2.45, 2.75) is 54.3 Å². The molecule has 1 spiro atoms. The predicted octanol–water partition coefficient (Wildman–Crippen LogP) is 4.83. The summed E-state index contributed by atoms with van der Waals surface area (Å²) in [6.07, 6.45) is 4.09. The second-order valence-corrected chi connectivity index (χ2v) is 9.97. The molecule has 2 aromatic rings. The average Bonchev–Trinajstić information content (AvgIpc) is 3.02. The Labute approximate surface area is 158 Å². The van der Waals surface area contributed by atoms with Crippen molar-refractivity contribution in [3.05, 3.63) is 59.7 Å². The molecular formula is C21H21F2NO2S. The quantitative estimate of drug-likeness (QED) is 0.754. The third-order valence-corrected chi connectivity index (χ3v) is 8.22. The maximum Gasteiger partial charge on any atom is 0.264 e. The number of nitrogens with zero attached hydrogens (tertiary/aromatic N) is 1. The lowest BCUT2D eigenvalue weighted by atomic mass is 9.81. The second-order valence-electron chi connectivity index (χ2n) is 8.10. The van der Waals surface area contributed by atoms with Crippen LogP contribution in [0.4, 0.5) is 14.5 Å². The molecule has 0 radical (unpaired) electrons. The first-order valence-corrected chi connectivity index (χ1v) is 10.9. The maximum atomic E-state index is 13.3. The van der Waals surface area contributed by atoms with Gasteiger partial charge < -0.3 is 0 Å². The Kier molecular flexibility index (Phi) is 3.52. The summed E-state index contributed by atoms with van der Waals surface area (Å²) in [5, 5.41) is 0. The summed E-state index contributed by atoms with van der Waals surface area (Å²) in [7, 11) is -3.72. The van der Waals surface area contributed by atoms with Crippen LogP contribution in [0.3, 0.4) is 0 Å². The largest absolute Gasteiger partial charge is 0.265 e.